The second-order valence-electron chi connectivity index (χ2n) is 20.6. The average molecular weight is 946 g/mol. The third-order valence-electron chi connectivity index (χ3n) is 13.8. The van der Waals surface area contributed by atoms with E-state index in [4.69, 9.17) is 14.2 Å². The molecule has 0 aromatic rings. The molecule has 0 rings (SSSR count). The molecule has 396 valence electrons. The molecule has 67 heavy (non-hydrogen) atoms. The molecule has 0 fully saturated rings. The fourth-order valence-electron chi connectivity index (χ4n) is 9.21. The first-order chi connectivity index (χ1) is 33.0. The molecule has 0 aromatic heterocycles. The van der Waals surface area contributed by atoms with Gasteiger partial charge in [-0.3, -0.25) is 14.4 Å². The van der Waals surface area contributed by atoms with Crippen molar-refractivity contribution in [2.24, 2.45) is 0 Å². The maximum Gasteiger partial charge on any atom is 0.306 e. The minimum atomic E-state index is -0.770. The Hall–Kier alpha value is -1.85. The lowest BCUT2D eigenvalue weighted by atomic mass is 10.0. The van der Waals surface area contributed by atoms with E-state index in [1.54, 1.807) is 0 Å². The van der Waals surface area contributed by atoms with Crippen LogP contribution in [0.1, 0.15) is 342 Å². The lowest BCUT2D eigenvalue weighted by molar-refractivity contribution is -0.167. The van der Waals surface area contributed by atoms with E-state index in [-0.39, 0.29) is 31.1 Å². The SMILES string of the molecule is CCCCCCCCC/C=C\CCCCCC(=O)OCC(COC(=O)CCCCCCCCCCCCCCCCCCCCC)OC(=O)CCCCCCCCCCCCCCCCCC. The Morgan fingerprint density at radius 3 is 0.761 bits per heavy atom. The fourth-order valence-corrected chi connectivity index (χ4v) is 9.21. The van der Waals surface area contributed by atoms with Gasteiger partial charge in [-0.25, -0.2) is 0 Å². The molecule has 0 amide bonds. The molecule has 0 radical (unpaired) electrons. The van der Waals surface area contributed by atoms with Crippen molar-refractivity contribution in [1.29, 1.82) is 0 Å². The van der Waals surface area contributed by atoms with Gasteiger partial charge in [0, 0.05) is 19.3 Å². The average Bonchev–Trinajstić information content (AvgIpc) is 3.33. The first-order valence-corrected chi connectivity index (χ1v) is 30.2. The number of hydrogen-bond donors (Lipinski definition) is 0. The van der Waals surface area contributed by atoms with Gasteiger partial charge in [0.1, 0.15) is 13.2 Å². The van der Waals surface area contributed by atoms with Crippen molar-refractivity contribution in [3.05, 3.63) is 12.2 Å². The topological polar surface area (TPSA) is 78.9 Å². The molecule has 0 aliphatic carbocycles. The van der Waals surface area contributed by atoms with Crippen molar-refractivity contribution in [3.8, 4) is 0 Å². The predicted octanol–water partition coefficient (Wildman–Crippen LogP) is 20.1. The van der Waals surface area contributed by atoms with Crippen molar-refractivity contribution in [2.45, 2.75) is 348 Å². The number of allylic oxidation sites excluding steroid dienone is 2. The first kappa shape index (κ1) is 65.1. The van der Waals surface area contributed by atoms with Crippen LogP contribution in [0, 0.1) is 0 Å². The van der Waals surface area contributed by atoms with Crippen LogP contribution in [-0.4, -0.2) is 37.2 Å². The molecule has 0 saturated carbocycles. The van der Waals surface area contributed by atoms with Crippen LogP contribution >= 0.6 is 0 Å². The van der Waals surface area contributed by atoms with Crippen LogP contribution in [0.25, 0.3) is 0 Å². The summed E-state index contributed by atoms with van der Waals surface area (Å²) >= 11 is 0. The summed E-state index contributed by atoms with van der Waals surface area (Å²) in [7, 11) is 0. The lowest BCUT2D eigenvalue weighted by Gasteiger charge is -2.18. The van der Waals surface area contributed by atoms with E-state index >= 15 is 0 Å². The molecule has 0 aliphatic heterocycles. The number of carbonyl (C=O) groups excluding carboxylic acids is 3. The highest BCUT2D eigenvalue weighted by molar-refractivity contribution is 5.71. The van der Waals surface area contributed by atoms with Crippen LogP contribution < -0.4 is 0 Å². The molecule has 0 spiro atoms. The number of hydrogen-bond acceptors (Lipinski definition) is 6. The van der Waals surface area contributed by atoms with Gasteiger partial charge < -0.3 is 14.2 Å². The monoisotopic (exact) mass is 945 g/mol. The van der Waals surface area contributed by atoms with Crippen LogP contribution in [-0.2, 0) is 28.6 Å². The normalized spacial score (nSPS) is 12.0. The van der Waals surface area contributed by atoms with Gasteiger partial charge in [0.05, 0.1) is 0 Å². The molecule has 0 N–H and O–H groups in total. The van der Waals surface area contributed by atoms with Crippen LogP contribution in [0.15, 0.2) is 12.2 Å². The zero-order valence-electron chi connectivity index (χ0n) is 45.5. The Morgan fingerprint density at radius 2 is 0.493 bits per heavy atom. The number of carbonyl (C=O) groups is 3. The van der Waals surface area contributed by atoms with Gasteiger partial charge in [0.15, 0.2) is 6.10 Å². The van der Waals surface area contributed by atoms with Crippen LogP contribution in [0.3, 0.4) is 0 Å². The Kier molecular flexibility index (Phi) is 55.2. The summed E-state index contributed by atoms with van der Waals surface area (Å²) in [4.78, 5) is 38.2. The second kappa shape index (κ2) is 56.7. The lowest BCUT2D eigenvalue weighted by Crippen LogP contribution is -2.30. The summed E-state index contributed by atoms with van der Waals surface area (Å²) in [5.41, 5.74) is 0. The third-order valence-corrected chi connectivity index (χ3v) is 13.8. The van der Waals surface area contributed by atoms with E-state index in [0.29, 0.717) is 19.3 Å². The van der Waals surface area contributed by atoms with Gasteiger partial charge in [0.2, 0.25) is 0 Å². The van der Waals surface area contributed by atoms with Gasteiger partial charge >= 0.3 is 17.9 Å². The predicted molar refractivity (Wildman–Crippen MR) is 289 cm³/mol. The number of unbranched alkanes of at least 4 members (excludes halogenated alkanes) is 43. The standard InChI is InChI=1S/C61H116O6/c1-4-7-10-13-16-19-22-25-28-30-31-32-34-36-39-42-45-48-51-54-60(63)66-57-58(56-65-59(62)53-50-47-44-41-38-35-27-24-21-18-15-12-9-6-3)67-61(64)55-52-49-46-43-40-37-33-29-26-23-20-17-14-11-8-5-2/h35,38,58H,4-34,36-37,39-57H2,1-3H3/b38-35-. The number of rotatable bonds is 56. The fraction of sp³-hybridized carbons (Fsp3) is 0.918. The minimum Gasteiger partial charge on any atom is -0.462 e. The van der Waals surface area contributed by atoms with E-state index in [2.05, 4.69) is 32.9 Å². The summed E-state index contributed by atoms with van der Waals surface area (Å²) in [5.74, 6) is -0.858. The molecule has 0 aromatic carbocycles. The van der Waals surface area contributed by atoms with Crippen molar-refractivity contribution >= 4 is 17.9 Å². The third kappa shape index (κ3) is 55.0. The van der Waals surface area contributed by atoms with Crippen LogP contribution in [0.2, 0.25) is 0 Å². The maximum absolute atomic E-state index is 12.9. The summed E-state index contributed by atoms with van der Waals surface area (Å²) in [6.45, 7) is 6.69. The van der Waals surface area contributed by atoms with Crippen molar-refractivity contribution in [2.75, 3.05) is 13.2 Å². The van der Waals surface area contributed by atoms with E-state index in [9.17, 15) is 14.4 Å². The van der Waals surface area contributed by atoms with Crippen molar-refractivity contribution < 1.29 is 28.6 Å². The molecule has 0 heterocycles. The largest absolute Gasteiger partial charge is 0.462 e. The summed E-state index contributed by atoms with van der Waals surface area (Å²) < 4.78 is 16.9. The summed E-state index contributed by atoms with van der Waals surface area (Å²) in [6, 6.07) is 0. The molecule has 6 nitrogen and oxygen atoms in total. The maximum atomic E-state index is 12.9. The Bertz CT molecular complexity index is 1040. The molecule has 0 bridgehead atoms. The Balaban J connectivity index is 4.30. The van der Waals surface area contributed by atoms with E-state index in [1.807, 2.05) is 0 Å². The summed E-state index contributed by atoms with van der Waals surface area (Å²) in [6.07, 6.45) is 64.9. The summed E-state index contributed by atoms with van der Waals surface area (Å²) in [5, 5.41) is 0. The van der Waals surface area contributed by atoms with E-state index < -0.39 is 6.10 Å². The van der Waals surface area contributed by atoms with Gasteiger partial charge in [0.25, 0.3) is 0 Å². The van der Waals surface area contributed by atoms with Gasteiger partial charge in [-0.15, -0.1) is 0 Å². The highest BCUT2D eigenvalue weighted by Gasteiger charge is 2.19. The van der Waals surface area contributed by atoms with Crippen LogP contribution in [0.5, 0.6) is 0 Å². The van der Waals surface area contributed by atoms with Crippen molar-refractivity contribution in [3.63, 3.8) is 0 Å². The Morgan fingerprint density at radius 1 is 0.284 bits per heavy atom. The van der Waals surface area contributed by atoms with E-state index in [1.165, 1.54) is 238 Å². The zero-order valence-corrected chi connectivity index (χ0v) is 45.5. The Labute approximate surface area is 418 Å². The van der Waals surface area contributed by atoms with Crippen LogP contribution in [0.4, 0.5) is 0 Å². The highest BCUT2D eigenvalue weighted by Crippen LogP contribution is 2.18. The minimum absolute atomic E-state index is 0.0683. The van der Waals surface area contributed by atoms with E-state index in [0.717, 1.165) is 64.2 Å². The molecule has 0 saturated heterocycles. The van der Waals surface area contributed by atoms with Gasteiger partial charge in [-0.2, -0.15) is 0 Å². The first-order valence-electron chi connectivity index (χ1n) is 30.2. The molecule has 6 heteroatoms. The quantitative estimate of drug-likeness (QED) is 0.0262. The molecule has 1 unspecified atom stereocenters. The molecule has 0 aliphatic rings. The number of esters is 3. The van der Waals surface area contributed by atoms with Crippen molar-refractivity contribution in [1.82, 2.24) is 0 Å². The second-order valence-corrected chi connectivity index (χ2v) is 20.6. The molecule has 1 atom stereocenters. The smallest absolute Gasteiger partial charge is 0.306 e. The van der Waals surface area contributed by atoms with Gasteiger partial charge in [-0.1, -0.05) is 290 Å². The molecular formula is C61H116O6. The van der Waals surface area contributed by atoms with Gasteiger partial charge in [-0.05, 0) is 44.9 Å². The number of ether oxygens (including phenoxy) is 3. The highest BCUT2D eigenvalue weighted by atomic mass is 16.6. The zero-order chi connectivity index (χ0) is 48.6. The molecular weight excluding hydrogens is 829 g/mol.